The van der Waals surface area contributed by atoms with Gasteiger partial charge in [-0.1, -0.05) is 35.9 Å². The van der Waals surface area contributed by atoms with E-state index in [0.29, 0.717) is 24.5 Å². The third kappa shape index (κ3) is 5.40. The first kappa shape index (κ1) is 18.1. The van der Waals surface area contributed by atoms with Gasteiger partial charge in [0, 0.05) is 5.56 Å². The number of para-hydroxylation sites is 1. The Kier molecular flexibility index (Phi) is 6.61. The first-order valence-corrected chi connectivity index (χ1v) is 7.86. The molecule has 0 heterocycles. The van der Waals surface area contributed by atoms with E-state index in [9.17, 15) is 10.1 Å². The molecule has 0 saturated carbocycles. The molecule has 5 nitrogen and oxygen atoms in total. The predicted molar refractivity (Wildman–Crippen MR) is 96.3 cm³/mol. The zero-order chi connectivity index (χ0) is 18.1. The number of aryl methyl sites for hydroxylation is 1. The fraction of sp³-hybridized carbons (Fsp3) is 0.200. The van der Waals surface area contributed by atoms with Gasteiger partial charge in [0.15, 0.2) is 0 Å². The van der Waals surface area contributed by atoms with Crippen LogP contribution in [0.1, 0.15) is 11.1 Å². The van der Waals surface area contributed by atoms with E-state index in [2.05, 4.69) is 5.32 Å². The van der Waals surface area contributed by atoms with Crippen molar-refractivity contribution in [2.75, 3.05) is 20.3 Å². The summed E-state index contributed by atoms with van der Waals surface area (Å²) in [4.78, 5) is 12.1. The maximum atomic E-state index is 12.1. The van der Waals surface area contributed by atoms with E-state index in [-0.39, 0.29) is 5.57 Å². The summed E-state index contributed by atoms with van der Waals surface area (Å²) in [5.41, 5.74) is 1.84. The molecule has 2 aromatic rings. The summed E-state index contributed by atoms with van der Waals surface area (Å²) in [5.74, 6) is 0.900. The number of methoxy groups -OCH3 is 1. The molecule has 2 aromatic carbocycles. The van der Waals surface area contributed by atoms with E-state index in [1.54, 1.807) is 19.2 Å². The summed E-state index contributed by atoms with van der Waals surface area (Å²) in [6.07, 6.45) is 1.51. The molecule has 0 aromatic heterocycles. The van der Waals surface area contributed by atoms with Crippen molar-refractivity contribution >= 4 is 12.0 Å². The summed E-state index contributed by atoms with van der Waals surface area (Å²) in [6, 6.07) is 16.8. The van der Waals surface area contributed by atoms with Crippen LogP contribution in [0.5, 0.6) is 11.5 Å². The number of hydrogen-bond acceptors (Lipinski definition) is 4. The molecular weight excluding hydrogens is 316 g/mol. The molecule has 0 fully saturated rings. The van der Waals surface area contributed by atoms with Crippen LogP contribution in [0.15, 0.2) is 54.1 Å². The fourth-order valence-corrected chi connectivity index (χ4v) is 2.15. The summed E-state index contributed by atoms with van der Waals surface area (Å²) in [7, 11) is 1.54. The lowest BCUT2D eigenvalue weighted by Crippen LogP contribution is -2.29. The third-order valence-corrected chi connectivity index (χ3v) is 3.48. The van der Waals surface area contributed by atoms with Gasteiger partial charge in [-0.3, -0.25) is 4.79 Å². The Balaban J connectivity index is 1.90. The molecule has 0 bridgehead atoms. The first-order chi connectivity index (χ1) is 12.1. The first-order valence-electron chi connectivity index (χ1n) is 7.86. The van der Waals surface area contributed by atoms with Gasteiger partial charge in [-0.2, -0.15) is 5.26 Å². The fourth-order valence-electron chi connectivity index (χ4n) is 2.15. The van der Waals surface area contributed by atoms with Crippen LogP contribution in [0, 0.1) is 18.3 Å². The zero-order valence-corrected chi connectivity index (χ0v) is 14.3. The summed E-state index contributed by atoms with van der Waals surface area (Å²) >= 11 is 0. The molecule has 2 rings (SSSR count). The van der Waals surface area contributed by atoms with Crippen molar-refractivity contribution in [2.45, 2.75) is 6.92 Å². The molecule has 0 radical (unpaired) electrons. The highest BCUT2D eigenvalue weighted by molar-refractivity contribution is 6.01. The average Bonchev–Trinajstić information content (AvgIpc) is 2.64. The highest BCUT2D eigenvalue weighted by Crippen LogP contribution is 2.20. The van der Waals surface area contributed by atoms with Crippen molar-refractivity contribution < 1.29 is 14.3 Å². The van der Waals surface area contributed by atoms with Crippen molar-refractivity contribution in [2.24, 2.45) is 0 Å². The van der Waals surface area contributed by atoms with Crippen LogP contribution in [0.25, 0.3) is 6.08 Å². The topological polar surface area (TPSA) is 71.3 Å². The minimum atomic E-state index is -0.444. The monoisotopic (exact) mass is 336 g/mol. The van der Waals surface area contributed by atoms with Crippen LogP contribution in [0.4, 0.5) is 0 Å². The molecule has 5 heteroatoms. The van der Waals surface area contributed by atoms with Gasteiger partial charge < -0.3 is 14.8 Å². The normalized spacial score (nSPS) is 10.7. The highest BCUT2D eigenvalue weighted by atomic mass is 16.5. The van der Waals surface area contributed by atoms with Gasteiger partial charge in [0.2, 0.25) is 0 Å². The molecule has 0 aliphatic heterocycles. The Hall–Kier alpha value is -3.26. The van der Waals surface area contributed by atoms with Gasteiger partial charge in [-0.15, -0.1) is 0 Å². The summed E-state index contributed by atoms with van der Waals surface area (Å²) in [5, 5.41) is 11.9. The highest BCUT2D eigenvalue weighted by Gasteiger charge is 2.10. The van der Waals surface area contributed by atoms with Crippen molar-refractivity contribution in [3.63, 3.8) is 0 Å². The number of carbonyl (C=O) groups excluding carboxylic acids is 1. The van der Waals surface area contributed by atoms with Crippen LogP contribution < -0.4 is 14.8 Å². The number of hydrogen-bond donors (Lipinski definition) is 1. The second kappa shape index (κ2) is 9.14. The maximum Gasteiger partial charge on any atom is 0.262 e. The van der Waals surface area contributed by atoms with E-state index in [1.807, 2.05) is 49.4 Å². The molecule has 1 N–H and O–H groups in total. The zero-order valence-electron chi connectivity index (χ0n) is 14.3. The van der Waals surface area contributed by atoms with Crippen molar-refractivity contribution in [1.82, 2.24) is 5.32 Å². The van der Waals surface area contributed by atoms with Crippen LogP contribution in [-0.4, -0.2) is 26.2 Å². The Bertz CT molecular complexity index is 789. The average molecular weight is 336 g/mol. The Labute approximate surface area is 147 Å². The van der Waals surface area contributed by atoms with Crippen molar-refractivity contribution in [3.8, 4) is 17.6 Å². The van der Waals surface area contributed by atoms with E-state index < -0.39 is 5.91 Å². The second-order valence-electron chi connectivity index (χ2n) is 5.33. The predicted octanol–water partition coefficient (Wildman–Crippen LogP) is 3.11. The van der Waals surface area contributed by atoms with Gasteiger partial charge in [0.05, 0.1) is 13.7 Å². The van der Waals surface area contributed by atoms with Gasteiger partial charge in [-0.05, 0) is 31.2 Å². The number of nitrogens with one attached hydrogen (secondary N) is 1. The van der Waals surface area contributed by atoms with E-state index in [0.717, 1.165) is 11.3 Å². The second-order valence-corrected chi connectivity index (χ2v) is 5.33. The van der Waals surface area contributed by atoms with Crippen molar-refractivity contribution in [1.29, 1.82) is 5.26 Å². The maximum absolute atomic E-state index is 12.1. The molecule has 0 aliphatic carbocycles. The molecule has 0 atom stereocenters. The lowest BCUT2D eigenvalue weighted by atomic mass is 10.1. The number of carbonyl (C=O) groups is 1. The largest absolute Gasteiger partial charge is 0.496 e. The molecule has 0 spiro atoms. The lowest BCUT2D eigenvalue weighted by molar-refractivity contribution is -0.117. The summed E-state index contributed by atoms with van der Waals surface area (Å²) in [6.45, 7) is 2.63. The molecule has 1 amide bonds. The Morgan fingerprint density at radius 2 is 1.92 bits per heavy atom. The standard InChI is InChI=1S/C20H20N2O3/c1-15-7-9-18(10-8-15)25-12-11-22-20(23)17(14-21)13-16-5-3-4-6-19(16)24-2/h3-10,13H,11-12H2,1-2H3,(H,22,23)/b17-13+. The quantitative estimate of drug-likeness (QED) is 0.479. The van der Waals surface area contributed by atoms with Gasteiger partial charge in [-0.25, -0.2) is 0 Å². The SMILES string of the molecule is COc1ccccc1/C=C(\C#N)C(=O)NCCOc1ccc(C)cc1. The van der Waals surface area contributed by atoms with Crippen molar-refractivity contribution in [3.05, 3.63) is 65.2 Å². The molecule has 0 saturated heterocycles. The number of nitrogens with zero attached hydrogens (tertiary/aromatic N) is 1. The third-order valence-electron chi connectivity index (χ3n) is 3.48. The van der Waals surface area contributed by atoms with Crippen LogP contribution in [-0.2, 0) is 4.79 Å². The van der Waals surface area contributed by atoms with Crippen LogP contribution in [0.2, 0.25) is 0 Å². The minimum Gasteiger partial charge on any atom is -0.496 e. The summed E-state index contributed by atoms with van der Waals surface area (Å²) < 4.78 is 10.8. The van der Waals surface area contributed by atoms with E-state index in [1.165, 1.54) is 6.08 Å². The molecule has 0 aliphatic rings. The van der Waals surface area contributed by atoms with Gasteiger partial charge in [0.25, 0.3) is 5.91 Å². The Morgan fingerprint density at radius 3 is 2.60 bits per heavy atom. The minimum absolute atomic E-state index is 0.0137. The smallest absolute Gasteiger partial charge is 0.262 e. The number of ether oxygens (including phenoxy) is 2. The molecule has 0 unspecified atom stereocenters. The van der Waals surface area contributed by atoms with Crippen LogP contribution in [0.3, 0.4) is 0 Å². The van der Waals surface area contributed by atoms with Crippen LogP contribution >= 0.6 is 0 Å². The lowest BCUT2D eigenvalue weighted by Gasteiger charge is -2.08. The van der Waals surface area contributed by atoms with Gasteiger partial charge in [0.1, 0.15) is 29.7 Å². The number of rotatable bonds is 7. The molecule has 128 valence electrons. The number of benzene rings is 2. The van der Waals surface area contributed by atoms with Gasteiger partial charge >= 0.3 is 0 Å². The van der Waals surface area contributed by atoms with E-state index in [4.69, 9.17) is 9.47 Å². The number of amides is 1. The molecule has 25 heavy (non-hydrogen) atoms. The number of nitriles is 1. The Morgan fingerprint density at radius 1 is 1.20 bits per heavy atom. The molecular formula is C20H20N2O3. The van der Waals surface area contributed by atoms with E-state index >= 15 is 0 Å².